The van der Waals surface area contributed by atoms with Gasteiger partial charge in [-0.1, -0.05) is 6.92 Å². The van der Waals surface area contributed by atoms with Gasteiger partial charge < -0.3 is 0 Å². The molecule has 0 aliphatic carbocycles. The van der Waals surface area contributed by atoms with Crippen LogP contribution in [-0.4, -0.2) is 4.98 Å². The number of hydrogen-bond acceptors (Lipinski definition) is 1. The molecule has 2 rings (SSSR count). The van der Waals surface area contributed by atoms with Crippen molar-refractivity contribution < 1.29 is 8.78 Å². The average molecular weight is 391 g/mol. The van der Waals surface area contributed by atoms with Crippen molar-refractivity contribution in [3.05, 3.63) is 62.3 Å². The van der Waals surface area contributed by atoms with E-state index in [0.717, 1.165) is 20.8 Å². The van der Waals surface area contributed by atoms with E-state index in [9.17, 15) is 8.78 Å². The van der Waals surface area contributed by atoms with Crippen LogP contribution in [0.5, 0.6) is 0 Å². The summed E-state index contributed by atoms with van der Waals surface area (Å²) in [6.07, 6.45) is 0.525. The number of rotatable bonds is 3. The molecule has 1 unspecified atom stereocenters. The summed E-state index contributed by atoms with van der Waals surface area (Å²) in [4.78, 5) is 4.40. The highest BCUT2D eigenvalue weighted by Crippen LogP contribution is 2.27. The molecule has 1 aromatic heterocycles. The van der Waals surface area contributed by atoms with Gasteiger partial charge in [0.15, 0.2) is 0 Å². The van der Waals surface area contributed by atoms with Crippen LogP contribution in [0.1, 0.15) is 24.1 Å². The van der Waals surface area contributed by atoms with Gasteiger partial charge in [-0.05, 0) is 68.1 Å². The summed E-state index contributed by atoms with van der Waals surface area (Å²) >= 11 is 6.76. The van der Waals surface area contributed by atoms with Crippen LogP contribution >= 0.6 is 31.9 Å². The SMILES string of the molecule is CC(Cc1cc(F)cc(F)c1)c1nc(Br)ccc1Br. The lowest BCUT2D eigenvalue weighted by Crippen LogP contribution is -2.03. The van der Waals surface area contributed by atoms with Crippen molar-refractivity contribution >= 4 is 31.9 Å². The van der Waals surface area contributed by atoms with Crippen LogP contribution in [0.3, 0.4) is 0 Å². The molecule has 0 bridgehead atoms. The number of halogens is 4. The highest BCUT2D eigenvalue weighted by Gasteiger charge is 2.13. The van der Waals surface area contributed by atoms with Crippen molar-refractivity contribution in [3.63, 3.8) is 0 Å². The third-order valence-electron chi connectivity index (χ3n) is 2.77. The van der Waals surface area contributed by atoms with Crippen LogP contribution in [0.4, 0.5) is 8.78 Å². The van der Waals surface area contributed by atoms with E-state index in [0.29, 0.717) is 12.0 Å². The van der Waals surface area contributed by atoms with Crippen molar-refractivity contribution in [2.45, 2.75) is 19.3 Å². The fraction of sp³-hybridized carbons (Fsp3) is 0.214. The maximum Gasteiger partial charge on any atom is 0.126 e. The Bertz CT molecular complexity index is 582. The van der Waals surface area contributed by atoms with E-state index >= 15 is 0 Å². The Morgan fingerprint density at radius 1 is 1.11 bits per heavy atom. The van der Waals surface area contributed by atoms with Crippen LogP contribution in [0, 0.1) is 11.6 Å². The minimum absolute atomic E-state index is 0.0491. The lowest BCUT2D eigenvalue weighted by atomic mass is 9.97. The standard InChI is InChI=1S/C14H11Br2F2N/c1-8(14-12(15)2-3-13(16)19-14)4-9-5-10(17)7-11(18)6-9/h2-3,5-8H,4H2,1H3. The van der Waals surface area contributed by atoms with Gasteiger partial charge >= 0.3 is 0 Å². The highest BCUT2D eigenvalue weighted by atomic mass is 79.9. The van der Waals surface area contributed by atoms with Gasteiger partial charge in [-0.2, -0.15) is 0 Å². The summed E-state index contributed by atoms with van der Waals surface area (Å²) in [5.74, 6) is -1.06. The molecule has 0 fully saturated rings. The van der Waals surface area contributed by atoms with Crippen LogP contribution in [0.15, 0.2) is 39.4 Å². The molecular formula is C14H11Br2F2N. The van der Waals surface area contributed by atoms with E-state index in [-0.39, 0.29) is 5.92 Å². The summed E-state index contributed by atoms with van der Waals surface area (Å²) in [5, 5.41) is 0. The highest BCUT2D eigenvalue weighted by molar-refractivity contribution is 9.11. The molecule has 0 spiro atoms. The first-order valence-corrected chi connectivity index (χ1v) is 7.31. The number of benzene rings is 1. The molecule has 0 saturated heterocycles. The minimum atomic E-state index is -0.552. The Kier molecular flexibility index (Phi) is 4.68. The molecule has 100 valence electrons. The number of nitrogens with zero attached hydrogens (tertiary/aromatic N) is 1. The van der Waals surface area contributed by atoms with Gasteiger partial charge in [0.25, 0.3) is 0 Å². The Morgan fingerprint density at radius 2 is 1.74 bits per heavy atom. The van der Waals surface area contributed by atoms with Crippen LogP contribution < -0.4 is 0 Å². The van der Waals surface area contributed by atoms with Crippen LogP contribution in [-0.2, 0) is 6.42 Å². The average Bonchev–Trinajstić information content (AvgIpc) is 2.30. The maximum absolute atomic E-state index is 13.2. The van der Waals surface area contributed by atoms with Gasteiger partial charge in [-0.15, -0.1) is 0 Å². The summed E-state index contributed by atoms with van der Waals surface area (Å²) in [5.41, 5.74) is 1.48. The van der Waals surface area contributed by atoms with Crippen molar-refractivity contribution in [3.8, 4) is 0 Å². The van der Waals surface area contributed by atoms with Crippen molar-refractivity contribution in [2.24, 2.45) is 0 Å². The zero-order chi connectivity index (χ0) is 14.0. The zero-order valence-electron chi connectivity index (χ0n) is 10.1. The van der Waals surface area contributed by atoms with E-state index in [2.05, 4.69) is 36.8 Å². The first kappa shape index (κ1) is 14.6. The van der Waals surface area contributed by atoms with E-state index in [1.54, 1.807) is 0 Å². The predicted molar refractivity (Wildman–Crippen MR) is 78.1 cm³/mol. The largest absolute Gasteiger partial charge is 0.244 e. The predicted octanol–water partition coefficient (Wildman–Crippen LogP) is 5.23. The lowest BCUT2D eigenvalue weighted by Gasteiger charge is -2.13. The molecule has 1 aromatic carbocycles. The summed E-state index contributed by atoms with van der Waals surface area (Å²) < 4.78 is 27.9. The van der Waals surface area contributed by atoms with Gasteiger partial charge in [0.2, 0.25) is 0 Å². The van der Waals surface area contributed by atoms with Gasteiger partial charge in [0.1, 0.15) is 16.2 Å². The molecule has 0 radical (unpaired) electrons. The third-order valence-corrected chi connectivity index (χ3v) is 3.88. The van der Waals surface area contributed by atoms with E-state index in [1.807, 2.05) is 19.1 Å². The first-order valence-electron chi connectivity index (χ1n) is 5.72. The maximum atomic E-state index is 13.2. The topological polar surface area (TPSA) is 12.9 Å². The van der Waals surface area contributed by atoms with Gasteiger partial charge in [0, 0.05) is 16.5 Å². The van der Waals surface area contributed by atoms with Crippen molar-refractivity contribution in [1.29, 1.82) is 0 Å². The van der Waals surface area contributed by atoms with E-state index in [4.69, 9.17) is 0 Å². The molecule has 0 aliphatic rings. The molecule has 19 heavy (non-hydrogen) atoms. The van der Waals surface area contributed by atoms with Crippen molar-refractivity contribution in [2.75, 3.05) is 0 Å². The van der Waals surface area contributed by atoms with Crippen molar-refractivity contribution in [1.82, 2.24) is 4.98 Å². The fourth-order valence-electron chi connectivity index (χ4n) is 1.96. The van der Waals surface area contributed by atoms with E-state index in [1.165, 1.54) is 12.1 Å². The normalized spacial score (nSPS) is 12.5. The molecule has 0 saturated carbocycles. The second-order valence-electron chi connectivity index (χ2n) is 4.38. The van der Waals surface area contributed by atoms with Gasteiger partial charge in [-0.25, -0.2) is 13.8 Å². The molecule has 2 aromatic rings. The summed E-state index contributed by atoms with van der Waals surface area (Å²) in [6, 6.07) is 7.32. The Morgan fingerprint density at radius 3 is 2.37 bits per heavy atom. The lowest BCUT2D eigenvalue weighted by molar-refractivity contribution is 0.576. The van der Waals surface area contributed by atoms with Gasteiger partial charge in [-0.3, -0.25) is 0 Å². The van der Waals surface area contributed by atoms with Crippen LogP contribution in [0.25, 0.3) is 0 Å². The number of aromatic nitrogens is 1. The quantitative estimate of drug-likeness (QED) is 0.653. The monoisotopic (exact) mass is 389 g/mol. The zero-order valence-corrected chi connectivity index (χ0v) is 13.3. The molecule has 1 heterocycles. The summed E-state index contributed by atoms with van der Waals surface area (Å²) in [6.45, 7) is 1.97. The first-order chi connectivity index (χ1) is 8.95. The third kappa shape index (κ3) is 3.83. The Balaban J connectivity index is 2.25. The molecular weight excluding hydrogens is 380 g/mol. The Hall–Kier alpha value is -0.810. The fourth-order valence-corrected chi connectivity index (χ4v) is 2.89. The molecule has 1 nitrogen and oxygen atoms in total. The van der Waals surface area contributed by atoms with E-state index < -0.39 is 11.6 Å². The summed E-state index contributed by atoms with van der Waals surface area (Å²) in [7, 11) is 0. The van der Waals surface area contributed by atoms with Gasteiger partial charge in [0.05, 0.1) is 5.69 Å². The minimum Gasteiger partial charge on any atom is -0.244 e. The smallest absolute Gasteiger partial charge is 0.126 e. The number of hydrogen-bond donors (Lipinski definition) is 0. The second kappa shape index (κ2) is 6.09. The van der Waals surface area contributed by atoms with Crippen LogP contribution in [0.2, 0.25) is 0 Å². The number of pyridine rings is 1. The molecule has 1 atom stereocenters. The molecule has 5 heteroatoms. The molecule has 0 aliphatic heterocycles. The molecule has 0 amide bonds. The molecule has 0 N–H and O–H groups in total. The Labute approximate surface area is 127 Å². The second-order valence-corrected chi connectivity index (χ2v) is 6.05.